The summed E-state index contributed by atoms with van der Waals surface area (Å²) in [5, 5.41) is 0.920. The molecule has 0 saturated heterocycles. The lowest BCUT2D eigenvalue weighted by Gasteiger charge is -2.17. The average Bonchev–Trinajstić information content (AvgIpc) is 2.89. The summed E-state index contributed by atoms with van der Waals surface area (Å²) in [6, 6.07) is 8.19. The summed E-state index contributed by atoms with van der Waals surface area (Å²) >= 11 is 12.1. The van der Waals surface area contributed by atoms with Gasteiger partial charge in [0, 0.05) is 15.6 Å². The maximum atomic E-state index is 12.7. The van der Waals surface area contributed by atoms with E-state index >= 15 is 0 Å². The maximum absolute atomic E-state index is 12.7. The van der Waals surface area contributed by atoms with Gasteiger partial charge in [-0.05, 0) is 63.6 Å². The normalized spacial score (nSPS) is 14.9. The van der Waals surface area contributed by atoms with E-state index in [9.17, 15) is 9.59 Å². The van der Waals surface area contributed by atoms with Gasteiger partial charge < -0.3 is 9.47 Å². The molecule has 140 valence electrons. The minimum absolute atomic E-state index is 0.150. The Morgan fingerprint density at radius 3 is 2.48 bits per heavy atom. The first-order chi connectivity index (χ1) is 12.6. The molecule has 0 unspecified atom stereocenters. The third-order valence-corrected chi connectivity index (χ3v) is 4.66. The Labute approximate surface area is 167 Å². The van der Waals surface area contributed by atoms with Gasteiger partial charge in [-0.1, -0.05) is 29.3 Å². The van der Waals surface area contributed by atoms with Gasteiger partial charge >= 0.3 is 5.97 Å². The second-order valence-corrected chi connectivity index (χ2v) is 8.15. The second-order valence-electron chi connectivity index (χ2n) is 7.31. The highest BCUT2D eigenvalue weighted by molar-refractivity contribution is 6.35. The highest BCUT2D eigenvalue weighted by Crippen LogP contribution is 2.40. The average molecular weight is 405 g/mol. The summed E-state index contributed by atoms with van der Waals surface area (Å²) in [5.41, 5.74) is 0.983. The van der Waals surface area contributed by atoms with Crippen LogP contribution in [0, 0.1) is 12.3 Å². The molecule has 2 aromatic rings. The van der Waals surface area contributed by atoms with Crippen molar-refractivity contribution in [1.82, 2.24) is 0 Å². The number of hydrogen-bond acceptors (Lipinski definition) is 4. The van der Waals surface area contributed by atoms with E-state index in [2.05, 4.69) is 0 Å². The van der Waals surface area contributed by atoms with E-state index in [1.165, 1.54) is 0 Å². The molecule has 0 aliphatic carbocycles. The predicted molar refractivity (Wildman–Crippen MR) is 106 cm³/mol. The molecule has 1 aliphatic heterocycles. The zero-order valence-electron chi connectivity index (χ0n) is 15.4. The predicted octanol–water partition coefficient (Wildman–Crippen LogP) is 5.87. The lowest BCUT2D eigenvalue weighted by Crippen LogP contribution is -2.25. The summed E-state index contributed by atoms with van der Waals surface area (Å²) in [6.07, 6.45) is 1.57. The van der Waals surface area contributed by atoms with Gasteiger partial charge in [-0.25, -0.2) is 0 Å². The molecule has 0 spiro atoms. The highest BCUT2D eigenvalue weighted by Gasteiger charge is 2.32. The standard InChI is InChI=1S/C21H18Cl2O4/c1-11-16(27-20(25)21(2,3)4)8-7-14-18(24)17(26-19(11)14)9-12-5-6-13(22)10-15(12)23/h5-10H,1-4H3/b17-9-. The van der Waals surface area contributed by atoms with Crippen molar-refractivity contribution in [3.63, 3.8) is 0 Å². The summed E-state index contributed by atoms with van der Waals surface area (Å²) in [7, 11) is 0. The van der Waals surface area contributed by atoms with Crippen LogP contribution in [-0.4, -0.2) is 11.8 Å². The van der Waals surface area contributed by atoms with Crippen molar-refractivity contribution < 1.29 is 19.1 Å². The van der Waals surface area contributed by atoms with E-state index in [0.29, 0.717) is 38.2 Å². The largest absolute Gasteiger partial charge is 0.452 e. The number of Topliss-reactive ketones (excluding diaryl/α,β-unsaturated/α-hetero) is 1. The lowest BCUT2D eigenvalue weighted by atomic mass is 9.97. The van der Waals surface area contributed by atoms with E-state index < -0.39 is 5.41 Å². The Morgan fingerprint density at radius 2 is 1.85 bits per heavy atom. The van der Waals surface area contributed by atoms with Gasteiger partial charge in [0.2, 0.25) is 5.78 Å². The molecule has 4 nitrogen and oxygen atoms in total. The molecular weight excluding hydrogens is 387 g/mol. The molecule has 27 heavy (non-hydrogen) atoms. The van der Waals surface area contributed by atoms with Crippen molar-refractivity contribution in [3.8, 4) is 11.5 Å². The van der Waals surface area contributed by atoms with E-state index in [-0.39, 0.29) is 17.5 Å². The number of ether oxygens (including phenoxy) is 2. The monoisotopic (exact) mass is 404 g/mol. The molecule has 2 aromatic carbocycles. The first-order valence-corrected chi connectivity index (χ1v) is 9.08. The Morgan fingerprint density at radius 1 is 1.15 bits per heavy atom. The summed E-state index contributed by atoms with van der Waals surface area (Å²) in [6.45, 7) is 7.06. The molecular formula is C21H18Cl2O4. The molecule has 0 fully saturated rings. The summed E-state index contributed by atoms with van der Waals surface area (Å²) in [4.78, 5) is 24.8. The molecule has 1 heterocycles. The molecule has 0 amide bonds. The smallest absolute Gasteiger partial charge is 0.316 e. The third-order valence-electron chi connectivity index (χ3n) is 4.10. The van der Waals surface area contributed by atoms with E-state index in [0.717, 1.165) is 0 Å². The zero-order valence-corrected chi connectivity index (χ0v) is 16.9. The van der Waals surface area contributed by atoms with Crippen molar-refractivity contribution in [2.75, 3.05) is 0 Å². The highest BCUT2D eigenvalue weighted by atomic mass is 35.5. The van der Waals surface area contributed by atoms with Crippen LogP contribution in [0.1, 0.15) is 42.3 Å². The number of hydrogen-bond donors (Lipinski definition) is 0. The van der Waals surface area contributed by atoms with Gasteiger partial charge in [0.25, 0.3) is 0 Å². The Hall–Kier alpha value is -2.30. The Balaban J connectivity index is 1.94. The van der Waals surface area contributed by atoms with Gasteiger partial charge in [0.15, 0.2) is 5.76 Å². The number of allylic oxidation sites excluding steroid dienone is 1. The fourth-order valence-electron chi connectivity index (χ4n) is 2.49. The van der Waals surface area contributed by atoms with Gasteiger partial charge in [-0.3, -0.25) is 9.59 Å². The first kappa shape index (κ1) is 19.5. The van der Waals surface area contributed by atoms with Gasteiger partial charge in [-0.2, -0.15) is 0 Å². The SMILES string of the molecule is Cc1c(OC(=O)C(C)(C)C)ccc2c1O/C(=C\c1ccc(Cl)cc1Cl)C2=O. The zero-order chi connectivity index (χ0) is 19.9. The van der Waals surface area contributed by atoms with Crippen LogP contribution in [0.4, 0.5) is 0 Å². The minimum Gasteiger partial charge on any atom is -0.452 e. The molecule has 0 saturated carbocycles. The molecule has 0 bridgehead atoms. The minimum atomic E-state index is -0.640. The van der Waals surface area contributed by atoms with Crippen LogP contribution in [0.3, 0.4) is 0 Å². The van der Waals surface area contributed by atoms with Crippen LogP contribution >= 0.6 is 23.2 Å². The van der Waals surface area contributed by atoms with Crippen molar-refractivity contribution in [2.24, 2.45) is 5.41 Å². The number of rotatable bonds is 2. The number of halogens is 2. The van der Waals surface area contributed by atoms with E-state index in [1.807, 2.05) is 0 Å². The van der Waals surface area contributed by atoms with Crippen LogP contribution in [0.2, 0.25) is 10.0 Å². The number of benzene rings is 2. The number of esters is 1. The molecule has 0 aromatic heterocycles. The lowest BCUT2D eigenvalue weighted by molar-refractivity contribution is -0.143. The van der Waals surface area contributed by atoms with E-state index in [1.54, 1.807) is 64.1 Å². The molecule has 0 radical (unpaired) electrons. The Bertz CT molecular complexity index is 984. The van der Waals surface area contributed by atoms with Crippen LogP contribution in [0.25, 0.3) is 6.08 Å². The van der Waals surface area contributed by atoms with Gasteiger partial charge in [-0.15, -0.1) is 0 Å². The fraction of sp³-hybridized carbons (Fsp3) is 0.238. The third kappa shape index (κ3) is 3.87. The van der Waals surface area contributed by atoms with Crippen LogP contribution in [0.15, 0.2) is 36.1 Å². The van der Waals surface area contributed by atoms with Crippen molar-refractivity contribution in [3.05, 3.63) is 62.8 Å². The molecule has 1 aliphatic rings. The van der Waals surface area contributed by atoms with Crippen molar-refractivity contribution in [2.45, 2.75) is 27.7 Å². The van der Waals surface area contributed by atoms with Gasteiger partial charge in [0.05, 0.1) is 11.0 Å². The summed E-state index contributed by atoms with van der Waals surface area (Å²) < 4.78 is 11.2. The molecule has 3 rings (SSSR count). The van der Waals surface area contributed by atoms with Crippen LogP contribution in [-0.2, 0) is 4.79 Å². The molecule has 0 N–H and O–H groups in total. The molecule has 6 heteroatoms. The van der Waals surface area contributed by atoms with Gasteiger partial charge in [0.1, 0.15) is 11.5 Å². The Kier molecular flexibility index (Phi) is 5.06. The number of carbonyl (C=O) groups is 2. The van der Waals surface area contributed by atoms with Crippen molar-refractivity contribution in [1.29, 1.82) is 0 Å². The number of fused-ring (bicyclic) bond motifs is 1. The van der Waals surface area contributed by atoms with Crippen LogP contribution in [0.5, 0.6) is 11.5 Å². The maximum Gasteiger partial charge on any atom is 0.316 e. The fourth-order valence-corrected chi connectivity index (χ4v) is 2.95. The summed E-state index contributed by atoms with van der Waals surface area (Å²) in [5.74, 6) is 0.283. The number of carbonyl (C=O) groups excluding carboxylic acids is 2. The van der Waals surface area contributed by atoms with Crippen LogP contribution < -0.4 is 9.47 Å². The van der Waals surface area contributed by atoms with E-state index in [4.69, 9.17) is 32.7 Å². The second kappa shape index (κ2) is 7.02. The van der Waals surface area contributed by atoms with Crippen molar-refractivity contribution >= 4 is 41.0 Å². The topological polar surface area (TPSA) is 52.6 Å². The molecule has 0 atom stereocenters. The number of ketones is 1. The first-order valence-electron chi connectivity index (χ1n) is 8.33. The quantitative estimate of drug-likeness (QED) is 0.356.